The topological polar surface area (TPSA) is 55.5 Å². The van der Waals surface area contributed by atoms with Crippen LogP contribution >= 0.6 is 12.4 Å². The lowest BCUT2D eigenvalue weighted by Crippen LogP contribution is -2.23. The van der Waals surface area contributed by atoms with Crippen LogP contribution in [-0.4, -0.2) is 17.4 Å². The van der Waals surface area contributed by atoms with Crippen molar-refractivity contribution in [2.24, 2.45) is 5.73 Å². The summed E-state index contributed by atoms with van der Waals surface area (Å²) in [6.07, 6.45) is 0.187. The number of halogens is 2. The van der Waals surface area contributed by atoms with Crippen LogP contribution in [0.2, 0.25) is 0 Å². The minimum atomic E-state index is -0.511. The highest BCUT2D eigenvalue weighted by atomic mass is 35.5. The third-order valence-electron chi connectivity index (χ3n) is 2.24. The summed E-state index contributed by atoms with van der Waals surface area (Å²) in [5.74, 6) is 0.701. The first-order valence-electron chi connectivity index (χ1n) is 5.67. The SMILES string of the molecule is CC(C)(C)Oc1ccc(O)c([C@@H](N)CCF)c1.Cl. The molecule has 1 aromatic carbocycles. The van der Waals surface area contributed by atoms with Crippen molar-refractivity contribution in [1.29, 1.82) is 0 Å². The van der Waals surface area contributed by atoms with E-state index in [1.165, 1.54) is 6.07 Å². The molecule has 0 bridgehead atoms. The molecule has 0 aliphatic rings. The van der Waals surface area contributed by atoms with Crippen LogP contribution in [0.15, 0.2) is 18.2 Å². The standard InChI is InChI=1S/C13H20FNO2.ClH/c1-13(2,3)17-9-4-5-12(16)10(8-9)11(15)6-7-14;/h4-5,8,11,16H,6-7,15H2,1-3H3;1H/t11-;/m0./s1. The smallest absolute Gasteiger partial charge is 0.120 e. The van der Waals surface area contributed by atoms with E-state index in [0.717, 1.165) is 0 Å². The van der Waals surface area contributed by atoms with Crippen LogP contribution in [0, 0.1) is 0 Å². The fourth-order valence-corrected chi connectivity index (χ4v) is 1.52. The third kappa shape index (κ3) is 5.10. The lowest BCUT2D eigenvalue weighted by atomic mass is 10.0. The lowest BCUT2D eigenvalue weighted by Gasteiger charge is -2.22. The predicted molar refractivity (Wildman–Crippen MR) is 73.3 cm³/mol. The van der Waals surface area contributed by atoms with Gasteiger partial charge in [0.1, 0.15) is 17.1 Å². The molecule has 0 radical (unpaired) electrons. The number of phenolic OH excluding ortho intramolecular Hbond substituents is 1. The van der Waals surface area contributed by atoms with Gasteiger partial charge in [0, 0.05) is 11.6 Å². The van der Waals surface area contributed by atoms with Crippen molar-refractivity contribution in [1.82, 2.24) is 0 Å². The summed E-state index contributed by atoms with van der Waals surface area (Å²) in [4.78, 5) is 0. The summed E-state index contributed by atoms with van der Waals surface area (Å²) in [6, 6.07) is 4.35. The fourth-order valence-electron chi connectivity index (χ4n) is 1.52. The van der Waals surface area contributed by atoms with Crippen LogP contribution in [-0.2, 0) is 0 Å². The van der Waals surface area contributed by atoms with E-state index in [2.05, 4.69) is 0 Å². The van der Waals surface area contributed by atoms with Gasteiger partial charge >= 0.3 is 0 Å². The zero-order chi connectivity index (χ0) is 13.1. The summed E-state index contributed by atoms with van der Waals surface area (Å²) in [5, 5.41) is 9.67. The number of rotatable bonds is 4. The van der Waals surface area contributed by atoms with Crippen molar-refractivity contribution in [2.75, 3.05) is 6.67 Å². The van der Waals surface area contributed by atoms with Crippen LogP contribution < -0.4 is 10.5 Å². The van der Waals surface area contributed by atoms with Crippen molar-refractivity contribution in [3.05, 3.63) is 23.8 Å². The summed E-state index contributed by atoms with van der Waals surface area (Å²) in [7, 11) is 0. The second-order valence-corrected chi connectivity index (χ2v) is 5.02. The molecule has 0 aromatic heterocycles. The Labute approximate surface area is 114 Å². The van der Waals surface area contributed by atoms with Gasteiger partial charge in [-0.15, -0.1) is 12.4 Å². The van der Waals surface area contributed by atoms with Gasteiger partial charge in [0.15, 0.2) is 0 Å². The van der Waals surface area contributed by atoms with Gasteiger partial charge < -0.3 is 15.6 Å². The maximum Gasteiger partial charge on any atom is 0.120 e. The number of phenols is 1. The van der Waals surface area contributed by atoms with Crippen LogP contribution in [0.25, 0.3) is 0 Å². The number of hydrogen-bond acceptors (Lipinski definition) is 3. The number of aromatic hydroxyl groups is 1. The normalized spacial score (nSPS) is 12.7. The van der Waals surface area contributed by atoms with E-state index in [9.17, 15) is 9.50 Å². The molecule has 3 N–H and O–H groups in total. The molecular formula is C13H21ClFNO2. The summed E-state index contributed by atoms with van der Waals surface area (Å²) in [6.45, 7) is 5.29. The van der Waals surface area contributed by atoms with E-state index >= 15 is 0 Å². The van der Waals surface area contributed by atoms with Gasteiger partial charge in [-0.1, -0.05) is 0 Å². The molecule has 0 spiro atoms. The Kier molecular flexibility index (Phi) is 6.43. The minimum Gasteiger partial charge on any atom is -0.508 e. The molecule has 0 saturated carbocycles. The van der Waals surface area contributed by atoms with Gasteiger partial charge in [-0.25, -0.2) is 0 Å². The van der Waals surface area contributed by atoms with E-state index in [-0.39, 0.29) is 30.2 Å². The van der Waals surface area contributed by atoms with Crippen molar-refractivity contribution < 1.29 is 14.2 Å². The second kappa shape index (κ2) is 6.81. The van der Waals surface area contributed by atoms with Crippen molar-refractivity contribution in [2.45, 2.75) is 38.8 Å². The molecule has 3 nitrogen and oxygen atoms in total. The lowest BCUT2D eigenvalue weighted by molar-refractivity contribution is 0.130. The average Bonchev–Trinajstić information content (AvgIpc) is 2.19. The van der Waals surface area contributed by atoms with Crippen LogP contribution in [0.5, 0.6) is 11.5 Å². The third-order valence-corrected chi connectivity index (χ3v) is 2.24. The highest BCUT2D eigenvalue weighted by Gasteiger charge is 2.16. The Hall–Kier alpha value is -1.00. The molecule has 18 heavy (non-hydrogen) atoms. The highest BCUT2D eigenvalue weighted by molar-refractivity contribution is 5.85. The molecule has 0 heterocycles. The largest absolute Gasteiger partial charge is 0.508 e. The van der Waals surface area contributed by atoms with Crippen molar-refractivity contribution >= 4 is 12.4 Å². The van der Waals surface area contributed by atoms with E-state index in [1.807, 2.05) is 20.8 Å². The fraction of sp³-hybridized carbons (Fsp3) is 0.538. The first-order valence-corrected chi connectivity index (χ1v) is 5.67. The second-order valence-electron chi connectivity index (χ2n) is 5.02. The van der Waals surface area contributed by atoms with E-state index in [4.69, 9.17) is 10.5 Å². The molecular weight excluding hydrogens is 257 g/mol. The molecule has 0 saturated heterocycles. The van der Waals surface area contributed by atoms with Gasteiger partial charge in [0.05, 0.1) is 6.67 Å². The Balaban J connectivity index is 0.00000289. The van der Waals surface area contributed by atoms with Gasteiger partial charge in [0.2, 0.25) is 0 Å². The van der Waals surface area contributed by atoms with Gasteiger partial charge in [-0.3, -0.25) is 4.39 Å². The molecule has 0 fully saturated rings. The Bertz CT molecular complexity index is 380. The van der Waals surface area contributed by atoms with Gasteiger partial charge in [-0.2, -0.15) is 0 Å². The monoisotopic (exact) mass is 277 g/mol. The van der Waals surface area contributed by atoms with E-state index in [1.54, 1.807) is 12.1 Å². The summed E-state index contributed by atoms with van der Waals surface area (Å²) < 4.78 is 17.9. The summed E-state index contributed by atoms with van der Waals surface area (Å²) >= 11 is 0. The predicted octanol–water partition coefficient (Wildman–Crippen LogP) is 3.35. The number of hydrogen-bond donors (Lipinski definition) is 2. The number of nitrogens with two attached hydrogens (primary N) is 1. The summed E-state index contributed by atoms with van der Waals surface area (Å²) in [5.41, 5.74) is 5.98. The molecule has 0 aliphatic carbocycles. The zero-order valence-electron chi connectivity index (χ0n) is 10.9. The minimum absolute atomic E-state index is 0. The maximum absolute atomic E-state index is 12.2. The number of benzene rings is 1. The molecule has 0 amide bonds. The molecule has 104 valence electrons. The number of alkyl halides is 1. The van der Waals surface area contributed by atoms with Gasteiger partial charge in [0.25, 0.3) is 0 Å². The van der Waals surface area contributed by atoms with E-state index in [0.29, 0.717) is 11.3 Å². The first-order chi connectivity index (χ1) is 7.83. The number of ether oxygens (including phenoxy) is 1. The van der Waals surface area contributed by atoms with E-state index < -0.39 is 12.7 Å². The zero-order valence-corrected chi connectivity index (χ0v) is 11.8. The van der Waals surface area contributed by atoms with Gasteiger partial charge in [-0.05, 0) is 45.4 Å². The van der Waals surface area contributed by atoms with Crippen LogP contribution in [0.4, 0.5) is 4.39 Å². The molecule has 1 rings (SSSR count). The Morgan fingerprint density at radius 3 is 2.50 bits per heavy atom. The highest BCUT2D eigenvalue weighted by Crippen LogP contribution is 2.30. The molecule has 5 heteroatoms. The quantitative estimate of drug-likeness (QED) is 0.887. The molecule has 1 atom stereocenters. The van der Waals surface area contributed by atoms with Crippen molar-refractivity contribution in [3.63, 3.8) is 0 Å². The van der Waals surface area contributed by atoms with Crippen LogP contribution in [0.3, 0.4) is 0 Å². The first kappa shape index (κ1) is 17.0. The van der Waals surface area contributed by atoms with Crippen LogP contribution in [0.1, 0.15) is 38.8 Å². The molecule has 1 aromatic rings. The average molecular weight is 278 g/mol. The van der Waals surface area contributed by atoms with Crippen molar-refractivity contribution in [3.8, 4) is 11.5 Å². The maximum atomic E-state index is 12.2. The Morgan fingerprint density at radius 1 is 1.39 bits per heavy atom. The Morgan fingerprint density at radius 2 is 2.00 bits per heavy atom. The molecule has 0 unspecified atom stereocenters. The molecule has 0 aliphatic heterocycles.